The Kier molecular flexibility index (Phi) is 6.05. The lowest BCUT2D eigenvalue weighted by Crippen LogP contribution is -2.14. The van der Waals surface area contributed by atoms with E-state index in [2.05, 4.69) is 15.3 Å². The molecule has 3 aromatic rings. The number of nitrogen functional groups attached to an aromatic ring is 1. The summed E-state index contributed by atoms with van der Waals surface area (Å²) < 4.78 is 38.7. The first-order chi connectivity index (χ1) is 14.6. The van der Waals surface area contributed by atoms with Crippen molar-refractivity contribution in [2.75, 3.05) is 11.1 Å². The van der Waals surface area contributed by atoms with Crippen LogP contribution in [0.2, 0.25) is 0 Å². The summed E-state index contributed by atoms with van der Waals surface area (Å²) in [5.41, 5.74) is 7.92. The number of pyridine rings is 2. The van der Waals surface area contributed by atoms with Gasteiger partial charge in [0.2, 0.25) is 0 Å². The van der Waals surface area contributed by atoms with E-state index in [0.29, 0.717) is 40.3 Å². The highest BCUT2D eigenvalue weighted by Crippen LogP contribution is 2.30. The average molecular weight is 431 g/mol. The molecule has 0 fully saturated rings. The summed E-state index contributed by atoms with van der Waals surface area (Å²) in [4.78, 5) is 21.1. The number of nitrogens with one attached hydrogen (secondary N) is 2. The largest absolute Gasteiger partial charge is 0.416 e. The summed E-state index contributed by atoms with van der Waals surface area (Å²) >= 11 is 0. The topological polar surface area (TPSA) is 105 Å². The van der Waals surface area contributed by atoms with Gasteiger partial charge < -0.3 is 16.5 Å². The number of anilines is 2. The highest BCUT2D eigenvalue weighted by molar-refractivity contribution is 6.04. The normalized spacial score (nSPS) is 11.3. The summed E-state index contributed by atoms with van der Waals surface area (Å²) in [6.45, 7) is 3.61. The summed E-state index contributed by atoms with van der Waals surface area (Å²) in [6.07, 6.45) is -2.61. The van der Waals surface area contributed by atoms with Gasteiger partial charge in [-0.2, -0.15) is 13.2 Å². The lowest BCUT2D eigenvalue weighted by Gasteiger charge is -2.12. The first-order valence-electron chi connectivity index (χ1n) is 9.40. The van der Waals surface area contributed by atoms with Gasteiger partial charge in [0.15, 0.2) is 0 Å². The van der Waals surface area contributed by atoms with Crippen LogP contribution in [-0.4, -0.2) is 21.6 Å². The molecule has 4 N–H and O–H groups in total. The van der Waals surface area contributed by atoms with Gasteiger partial charge in [-0.05, 0) is 49.7 Å². The van der Waals surface area contributed by atoms with Gasteiger partial charge in [0.25, 0.3) is 5.91 Å². The number of aryl methyl sites for hydroxylation is 1. The molecule has 0 saturated carbocycles. The molecule has 0 aliphatic heterocycles. The molecule has 9 heteroatoms. The van der Waals surface area contributed by atoms with Crippen LogP contribution in [0.25, 0.3) is 11.3 Å². The Morgan fingerprint density at radius 2 is 1.97 bits per heavy atom. The van der Waals surface area contributed by atoms with Gasteiger partial charge in [-0.25, -0.2) is 4.98 Å². The second-order valence-corrected chi connectivity index (χ2v) is 6.85. The van der Waals surface area contributed by atoms with Crippen LogP contribution in [0.3, 0.4) is 0 Å². The molecule has 1 aromatic carbocycles. The van der Waals surface area contributed by atoms with Crippen molar-refractivity contribution >= 4 is 23.1 Å². The van der Waals surface area contributed by atoms with Gasteiger partial charge in [0.1, 0.15) is 5.82 Å². The smallest absolute Gasteiger partial charge is 0.383 e. The van der Waals surface area contributed by atoms with E-state index in [1.54, 1.807) is 25.1 Å². The molecular formula is C22H24F3N5O. The fraction of sp³-hybridized carbons (Fsp3) is 0.182. The van der Waals surface area contributed by atoms with Crippen molar-refractivity contribution in [1.82, 2.24) is 9.97 Å². The Hall–Kier alpha value is -3.75. The van der Waals surface area contributed by atoms with Crippen LogP contribution in [0.4, 0.5) is 24.7 Å². The molecule has 0 saturated heterocycles. The maximum absolute atomic E-state index is 12.9. The molecule has 0 radical (unpaired) electrons. The molecule has 0 atom stereocenters. The monoisotopic (exact) mass is 431 g/mol. The van der Waals surface area contributed by atoms with E-state index >= 15 is 0 Å². The minimum Gasteiger partial charge on any atom is -0.383 e. The third kappa shape index (κ3) is 4.88. The number of alkyl halides is 3. The zero-order chi connectivity index (χ0) is 22.8. The number of aromatic nitrogens is 2. The number of hydrogen-bond acceptors (Lipinski definition) is 5. The minimum atomic E-state index is -4.54. The highest BCUT2D eigenvalue weighted by atomic mass is 19.4. The number of carbonyl (C=O) groups excluding carboxylic acids is 1. The van der Waals surface area contributed by atoms with Crippen LogP contribution < -0.4 is 11.1 Å². The maximum atomic E-state index is 12.9. The van der Waals surface area contributed by atoms with Crippen molar-refractivity contribution in [2.24, 2.45) is 0 Å². The summed E-state index contributed by atoms with van der Waals surface area (Å²) in [5, 5.41) is 10.5. The molecular weight excluding hydrogens is 407 g/mol. The van der Waals surface area contributed by atoms with Crippen LogP contribution >= 0.6 is 0 Å². The van der Waals surface area contributed by atoms with Crippen molar-refractivity contribution in [3.05, 3.63) is 71.0 Å². The second kappa shape index (κ2) is 8.55. The van der Waals surface area contributed by atoms with E-state index in [1.807, 2.05) is 6.92 Å². The molecule has 31 heavy (non-hydrogen) atoms. The molecule has 6 nitrogen and oxygen atoms in total. The molecule has 0 unspecified atom stereocenters. The highest BCUT2D eigenvalue weighted by Gasteiger charge is 2.30. The molecule has 0 aliphatic carbocycles. The number of halogens is 3. The summed E-state index contributed by atoms with van der Waals surface area (Å²) in [7, 11) is 0. The molecule has 2 heterocycles. The van der Waals surface area contributed by atoms with Crippen LogP contribution in [0.1, 0.15) is 43.4 Å². The van der Waals surface area contributed by atoms with E-state index in [-0.39, 0.29) is 14.2 Å². The third-order valence-electron chi connectivity index (χ3n) is 4.68. The fourth-order valence-electron chi connectivity index (χ4n) is 2.97. The molecule has 1 amide bonds. The number of hydrogen-bond donors (Lipinski definition) is 3. The number of amides is 1. The second-order valence-electron chi connectivity index (χ2n) is 6.85. The average Bonchev–Trinajstić information content (AvgIpc) is 2.74. The van der Waals surface area contributed by atoms with Crippen molar-refractivity contribution in [1.29, 1.82) is 5.41 Å². The SMILES string of the molecule is CCC(=N)c1ccc(-c2cc(NC(=O)c3cccc(C(F)(F)F)c3)cnc2C)nc1N.[HH].[HH]. The van der Waals surface area contributed by atoms with Crippen LogP contribution in [0.15, 0.2) is 48.7 Å². The first kappa shape index (κ1) is 21.9. The van der Waals surface area contributed by atoms with Crippen molar-refractivity contribution in [3.8, 4) is 11.3 Å². The van der Waals surface area contributed by atoms with Crippen LogP contribution in [0.5, 0.6) is 0 Å². The van der Waals surface area contributed by atoms with Gasteiger partial charge in [-0.1, -0.05) is 13.0 Å². The first-order valence-corrected chi connectivity index (χ1v) is 9.40. The van der Waals surface area contributed by atoms with Gasteiger partial charge in [-0.15, -0.1) is 0 Å². The number of rotatable bonds is 5. The Morgan fingerprint density at radius 3 is 2.61 bits per heavy atom. The molecule has 164 valence electrons. The molecule has 0 bridgehead atoms. The van der Waals surface area contributed by atoms with Crippen molar-refractivity contribution in [3.63, 3.8) is 0 Å². The zero-order valence-corrected chi connectivity index (χ0v) is 16.8. The molecule has 0 aliphatic rings. The zero-order valence-electron chi connectivity index (χ0n) is 16.8. The van der Waals surface area contributed by atoms with E-state index in [9.17, 15) is 18.0 Å². The van der Waals surface area contributed by atoms with E-state index in [4.69, 9.17) is 11.1 Å². The summed E-state index contributed by atoms with van der Waals surface area (Å²) in [5.74, 6) is -0.482. The van der Waals surface area contributed by atoms with Gasteiger partial charge in [0.05, 0.1) is 23.1 Å². The number of carbonyl (C=O) groups is 1. The Labute approximate surface area is 179 Å². The molecule has 3 rings (SSSR count). The predicted octanol–water partition coefficient (Wildman–Crippen LogP) is 5.58. The fourth-order valence-corrected chi connectivity index (χ4v) is 2.97. The lowest BCUT2D eigenvalue weighted by atomic mass is 10.1. The Balaban J connectivity index is 0.00000272. The standard InChI is InChI=1S/C22H20F3N5O.2H2/c1-3-18(26)16-7-8-19(30-20(16)27)17-10-15(11-28-12(17)2)29-21(31)13-5-4-6-14(9-13)22(23,24)25;;/h4-11,26H,3H2,1-2H3,(H2,27,30)(H,29,31);2*1H. The predicted molar refractivity (Wildman–Crippen MR) is 117 cm³/mol. The number of nitrogens with zero attached hydrogens (tertiary/aromatic N) is 2. The maximum Gasteiger partial charge on any atom is 0.416 e. The van der Waals surface area contributed by atoms with Gasteiger partial charge in [-0.3, -0.25) is 9.78 Å². The molecule has 0 spiro atoms. The van der Waals surface area contributed by atoms with E-state index in [1.165, 1.54) is 18.3 Å². The molecule has 2 aromatic heterocycles. The Bertz CT molecular complexity index is 1170. The minimum absolute atomic E-state index is 0. The summed E-state index contributed by atoms with van der Waals surface area (Å²) in [6, 6.07) is 9.22. The van der Waals surface area contributed by atoms with Gasteiger partial charge >= 0.3 is 6.18 Å². The Morgan fingerprint density at radius 1 is 1.23 bits per heavy atom. The van der Waals surface area contributed by atoms with Crippen LogP contribution in [0, 0.1) is 12.3 Å². The van der Waals surface area contributed by atoms with Crippen molar-refractivity contribution in [2.45, 2.75) is 26.4 Å². The number of benzene rings is 1. The number of nitrogens with two attached hydrogens (primary N) is 1. The quantitative estimate of drug-likeness (QED) is 0.459. The van der Waals surface area contributed by atoms with Crippen LogP contribution in [-0.2, 0) is 6.18 Å². The lowest BCUT2D eigenvalue weighted by molar-refractivity contribution is -0.137. The third-order valence-corrected chi connectivity index (χ3v) is 4.68. The van der Waals surface area contributed by atoms with Gasteiger partial charge in [0, 0.05) is 30.9 Å². The van der Waals surface area contributed by atoms with E-state index < -0.39 is 17.6 Å². The van der Waals surface area contributed by atoms with E-state index in [0.717, 1.165) is 12.1 Å². The van der Waals surface area contributed by atoms with Crippen molar-refractivity contribution < 1.29 is 20.8 Å².